The van der Waals surface area contributed by atoms with Crippen molar-refractivity contribution in [3.63, 3.8) is 0 Å². The Hall–Kier alpha value is -2.15. The van der Waals surface area contributed by atoms with Gasteiger partial charge in [-0.1, -0.05) is 20.3 Å². The number of carbonyl (C=O) groups excluding carboxylic acids is 1. The van der Waals surface area contributed by atoms with Gasteiger partial charge >= 0.3 is 0 Å². The van der Waals surface area contributed by atoms with Crippen LogP contribution in [-0.2, 0) is 4.79 Å². The number of nitrogens with two attached hydrogens (primary N) is 1. The fourth-order valence-corrected chi connectivity index (χ4v) is 1.62. The second-order valence-corrected chi connectivity index (χ2v) is 4.54. The minimum Gasteiger partial charge on any atom is -0.496 e. The van der Waals surface area contributed by atoms with E-state index in [4.69, 9.17) is 10.5 Å². The highest BCUT2D eigenvalue weighted by atomic mass is 16.6. The molecule has 1 aromatic rings. The fraction of sp³-hybridized carbons (Fsp3) is 0.462. The summed E-state index contributed by atoms with van der Waals surface area (Å²) in [4.78, 5) is 22.4. The normalized spacial score (nSPS) is 13.4. The van der Waals surface area contributed by atoms with Gasteiger partial charge in [-0.25, -0.2) is 0 Å². The van der Waals surface area contributed by atoms with E-state index in [9.17, 15) is 14.9 Å². The topological polar surface area (TPSA) is 107 Å². The number of nitro groups is 1. The predicted molar refractivity (Wildman–Crippen MR) is 75.7 cm³/mol. The second-order valence-electron chi connectivity index (χ2n) is 4.54. The molecule has 0 aliphatic heterocycles. The second kappa shape index (κ2) is 6.85. The number of nitrogens with one attached hydrogen (secondary N) is 1. The zero-order chi connectivity index (χ0) is 15.3. The molecule has 0 aromatic heterocycles. The van der Waals surface area contributed by atoms with Crippen molar-refractivity contribution in [2.75, 3.05) is 12.4 Å². The Labute approximate surface area is 117 Å². The lowest BCUT2D eigenvalue weighted by atomic mass is 9.99. The van der Waals surface area contributed by atoms with Gasteiger partial charge in [0, 0.05) is 0 Å². The van der Waals surface area contributed by atoms with Crippen LogP contribution < -0.4 is 15.8 Å². The Morgan fingerprint density at radius 3 is 2.70 bits per heavy atom. The number of rotatable bonds is 6. The van der Waals surface area contributed by atoms with Crippen LogP contribution in [0.25, 0.3) is 0 Å². The molecule has 2 unspecified atom stereocenters. The van der Waals surface area contributed by atoms with Crippen LogP contribution in [0.15, 0.2) is 18.2 Å². The number of methoxy groups -OCH3 is 1. The maximum atomic E-state index is 12.0. The maximum Gasteiger partial charge on any atom is 0.296 e. The molecular weight excluding hydrogens is 262 g/mol. The van der Waals surface area contributed by atoms with Crippen LogP contribution in [0, 0.1) is 16.0 Å². The summed E-state index contributed by atoms with van der Waals surface area (Å²) < 4.78 is 4.93. The van der Waals surface area contributed by atoms with Crippen LogP contribution in [0.1, 0.15) is 20.3 Å². The maximum absolute atomic E-state index is 12.0. The van der Waals surface area contributed by atoms with E-state index in [0.29, 0.717) is 5.75 Å². The summed E-state index contributed by atoms with van der Waals surface area (Å²) in [5.41, 5.74) is 5.68. The van der Waals surface area contributed by atoms with Crippen molar-refractivity contribution in [2.45, 2.75) is 26.3 Å². The van der Waals surface area contributed by atoms with E-state index >= 15 is 0 Å². The molecule has 1 aromatic carbocycles. The van der Waals surface area contributed by atoms with E-state index in [-0.39, 0.29) is 17.3 Å². The zero-order valence-electron chi connectivity index (χ0n) is 11.8. The molecule has 0 heterocycles. The molecular formula is C13H19N3O4. The Morgan fingerprint density at radius 2 is 2.20 bits per heavy atom. The largest absolute Gasteiger partial charge is 0.496 e. The molecule has 2 atom stereocenters. The van der Waals surface area contributed by atoms with Gasteiger partial charge in [-0.05, 0) is 18.1 Å². The van der Waals surface area contributed by atoms with Gasteiger partial charge in [0.05, 0.1) is 24.1 Å². The van der Waals surface area contributed by atoms with E-state index in [1.807, 2.05) is 13.8 Å². The Bertz CT molecular complexity index is 504. The smallest absolute Gasteiger partial charge is 0.296 e. The molecule has 0 bridgehead atoms. The molecule has 7 heteroatoms. The van der Waals surface area contributed by atoms with E-state index < -0.39 is 16.9 Å². The van der Waals surface area contributed by atoms with Crippen LogP contribution in [0.2, 0.25) is 0 Å². The number of benzene rings is 1. The first-order valence-corrected chi connectivity index (χ1v) is 6.29. The quantitative estimate of drug-likeness (QED) is 0.611. The molecule has 20 heavy (non-hydrogen) atoms. The van der Waals surface area contributed by atoms with Gasteiger partial charge in [0.25, 0.3) is 5.69 Å². The molecule has 1 amide bonds. The summed E-state index contributed by atoms with van der Waals surface area (Å²) in [7, 11) is 1.41. The summed E-state index contributed by atoms with van der Waals surface area (Å²) in [6.07, 6.45) is 0.749. The number of amides is 1. The number of hydrogen-bond donors (Lipinski definition) is 2. The number of anilines is 1. The van der Waals surface area contributed by atoms with E-state index in [1.165, 1.54) is 25.3 Å². The lowest BCUT2D eigenvalue weighted by Gasteiger charge is -2.17. The highest BCUT2D eigenvalue weighted by Crippen LogP contribution is 2.29. The van der Waals surface area contributed by atoms with Crippen molar-refractivity contribution in [1.82, 2.24) is 0 Å². The van der Waals surface area contributed by atoms with Crippen molar-refractivity contribution in [1.29, 1.82) is 0 Å². The van der Waals surface area contributed by atoms with Crippen molar-refractivity contribution in [2.24, 2.45) is 11.7 Å². The molecule has 0 radical (unpaired) electrons. The first kappa shape index (κ1) is 15.9. The number of carbonyl (C=O) groups is 1. The van der Waals surface area contributed by atoms with Crippen LogP contribution >= 0.6 is 0 Å². The average molecular weight is 281 g/mol. The lowest BCUT2D eigenvalue weighted by molar-refractivity contribution is -0.384. The summed E-state index contributed by atoms with van der Waals surface area (Å²) in [5, 5.41) is 13.5. The molecule has 0 aliphatic carbocycles. The van der Waals surface area contributed by atoms with Gasteiger partial charge in [-0.3, -0.25) is 14.9 Å². The summed E-state index contributed by atoms with van der Waals surface area (Å²) in [5.74, 6) is -0.0964. The van der Waals surface area contributed by atoms with Crippen LogP contribution in [-0.4, -0.2) is 24.0 Å². The van der Waals surface area contributed by atoms with Gasteiger partial charge in [-0.2, -0.15) is 0 Å². The van der Waals surface area contributed by atoms with Crippen LogP contribution in [0.4, 0.5) is 11.4 Å². The molecule has 7 nitrogen and oxygen atoms in total. The van der Waals surface area contributed by atoms with E-state index in [1.54, 1.807) is 0 Å². The molecule has 0 spiro atoms. The summed E-state index contributed by atoms with van der Waals surface area (Å²) >= 11 is 0. The van der Waals surface area contributed by atoms with E-state index in [0.717, 1.165) is 6.42 Å². The van der Waals surface area contributed by atoms with Gasteiger partial charge < -0.3 is 15.8 Å². The first-order valence-electron chi connectivity index (χ1n) is 6.29. The summed E-state index contributed by atoms with van der Waals surface area (Å²) in [6, 6.07) is 3.52. The highest BCUT2D eigenvalue weighted by Gasteiger charge is 2.23. The molecule has 1 rings (SSSR count). The zero-order valence-corrected chi connectivity index (χ0v) is 11.8. The van der Waals surface area contributed by atoms with E-state index in [2.05, 4.69) is 5.32 Å². The molecule has 0 fully saturated rings. The number of ether oxygens (including phenoxy) is 1. The third kappa shape index (κ3) is 3.67. The van der Waals surface area contributed by atoms with Gasteiger partial charge in [0.2, 0.25) is 5.91 Å². The Balaban J connectivity index is 2.97. The molecule has 0 aliphatic rings. The third-order valence-corrected chi connectivity index (χ3v) is 3.22. The molecule has 0 saturated carbocycles. The monoisotopic (exact) mass is 281 g/mol. The van der Waals surface area contributed by atoms with Crippen LogP contribution in [0.5, 0.6) is 5.75 Å². The van der Waals surface area contributed by atoms with Gasteiger partial charge in [0.1, 0.15) is 11.4 Å². The molecule has 3 N–H and O–H groups in total. The predicted octanol–water partition coefficient (Wildman–Crippen LogP) is 1.92. The molecule has 0 saturated heterocycles. The van der Waals surface area contributed by atoms with Crippen molar-refractivity contribution >= 4 is 17.3 Å². The minimum absolute atomic E-state index is 0.00713. The lowest BCUT2D eigenvalue weighted by Crippen LogP contribution is -2.40. The number of nitro benzene ring substituents is 1. The fourth-order valence-electron chi connectivity index (χ4n) is 1.62. The van der Waals surface area contributed by atoms with Crippen molar-refractivity contribution in [3.05, 3.63) is 28.3 Å². The van der Waals surface area contributed by atoms with Crippen molar-refractivity contribution in [3.8, 4) is 5.75 Å². The standard InChI is InChI=1S/C13H19N3O4/c1-4-8(2)12(14)13(17)15-10-6-5-9(20-3)7-11(10)16(18)19/h5-8,12H,4,14H2,1-3H3,(H,15,17). The Kier molecular flexibility index (Phi) is 5.45. The third-order valence-electron chi connectivity index (χ3n) is 3.22. The summed E-state index contributed by atoms with van der Waals surface area (Å²) in [6.45, 7) is 3.78. The highest BCUT2D eigenvalue weighted by molar-refractivity contribution is 5.96. The molecule has 110 valence electrons. The van der Waals surface area contributed by atoms with Crippen LogP contribution in [0.3, 0.4) is 0 Å². The SMILES string of the molecule is CCC(C)C(N)C(=O)Nc1ccc(OC)cc1[N+](=O)[O-]. The minimum atomic E-state index is -0.707. The number of nitrogens with zero attached hydrogens (tertiary/aromatic N) is 1. The average Bonchev–Trinajstić information content (AvgIpc) is 2.45. The first-order chi connectivity index (χ1) is 9.40. The Morgan fingerprint density at radius 1 is 1.55 bits per heavy atom. The van der Waals surface area contributed by atoms with Gasteiger partial charge in [-0.15, -0.1) is 0 Å². The van der Waals surface area contributed by atoms with Crippen molar-refractivity contribution < 1.29 is 14.5 Å². The number of hydrogen-bond acceptors (Lipinski definition) is 5. The van der Waals surface area contributed by atoms with Gasteiger partial charge in [0.15, 0.2) is 0 Å².